The molecule has 0 radical (unpaired) electrons. The molecule has 10 heteroatoms. The summed E-state index contributed by atoms with van der Waals surface area (Å²) < 4.78 is 40.1. The van der Waals surface area contributed by atoms with E-state index in [0.29, 0.717) is 16.5 Å². The van der Waals surface area contributed by atoms with E-state index in [0.717, 1.165) is 43.5 Å². The molecule has 0 aromatic heterocycles. The Hall–Kier alpha value is -3.46. The molecule has 6 nitrogen and oxygen atoms in total. The molecule has 0 saturated carbocycles. The third-order valence-electron chi connectivity index (χ3n) is 3.76. The van der Waals surface area contributed by atoms with Crippen molar-refractivity contribution in [1.29, 1.82) is 10.8 Å². The molecular weight excluding hydrogens is 421 g/mol. The van der Waals surface area contributed by atoms with Crippen molar-refractivity contribution < 1.29 is 22.8 Å². The summed E-state index contributed by atoms with van der Waals surface area (Å²) in [4.78, 5) is 24.8. The molecule has 3 N–H and O–H groups in total. The summed E-state index contributed by atoms with van der Waals surface area (Å²) in [6.07, 6.45) is 1.47. The third kappa shape index (κ3) is 6.02. The molecule has 2 rings (SSSR count). The molecule has 2 aromatic carbocycles. The SMILES string of the molecule is CC(=O)N(C(=N)/C=C(\C=N)NC(=O)Cc1ccc(F)cc1Cl)c1cc(F)cc(F)c1. The second kappa shape index (κ2) is 9.84. The molecule has 30 heavy (non-hydrogen) atoms. The van der Waals surface area contributed by atoms with Crippen molar-refractivity contribution in [3.05, 3.63) is 76.2 Å². The fourth-order valence-electron chi connectivity index (χ4n) is 2.53. The van der Waals surface area contributed by atoms with E-state index in [-0.39, 0.29) is 22.8 Å². The summed E-state index contributed by atoms with van der Waals surface area (Å²) in [6.45, 7) is 1.09. The molecule has 0 spiro atoms. The summed E-state index contributed by atoms with van der Waals surface area (Å²) in [7, 11) is 0. The quantitative estimate of drug-likeness (QED) is 0.471. The van der Waals surface area contributed by atoms with Gasteiger partial charge in [-0.25, -0.2) is 13.2 Å². The van der Waals surface area contributed by atoms with Gasteiger partial charge in [0, 0.05) is 30.3 Å². The first-order chi connectivity index (χ1) is 14.1. The number of hydrogen-bond acceptors (Lipinski definition) is 4. The Morgan fingerprint density at radius 2 is 1.73 bits per heavy atom. The summed E-state index contributed by atoms with van der Waals surface area (Å²) in [5, 5.41) is 17.9. The van der Waals surface area contributed by atoms with Crippen molar-refractivity contribution in [3.8, 4) is 0 Å². The van der Waals surface area contributed by atoms with Crippen LogP contribution in [0.3, 0.4) is 0 Å². The lowest BCUT2D eigenvalue weighted by atomic mass is 10.1. The van der Waals surface area contributed by atoms with E-state index in [4.69, 9.17) is 22.4 Å². The number of nitrogens with one attached hydrogen (secondary N) is 3. The second-order valence-electron chi connectivity index (χ2n) is 6.07. The fraction of sp³-hybridized carbons (Fsp3) is 0.100. The molecular formula is C20H16ClF3N4O2. The Balaban J connectivity index is 2.21. The second-order valence-corrected chi connectivity index (χ2v) is 6.48. The van der Waals surface area contributed by atoms with Gasteiger partial charge >= 0.3 is 0 Å². The number of amidine groups is 1. The lowest BCUT2D eigenvalue weighted by Crippen LogP contribution is -2.35. The average Bonchev–Trinajstić information content (AvgIpc) is 2.62. The van der Waals surface area contributed by atoms with Crippen molar-refractivity contribution in [1.82, 2.24) is 5.32 Å². The topological polar surface area (TPSA) is 97.1 Å². The number of benzene rings is 2. The lowest BCUT2D eigenvalue weighted by molar-refractivity contribution is -0.119. The van der Waals surface area contributed by atoms with Gasteiger partial charge in [-0.05, 0) is 29.8 Å². The van der Waals surface area contributed by atoms with Gasteiger partial charge in [0.05, 0.1) is 17.8 Å². The van der Waals surface area contributed by atoms with E-state index in [1.54, 1.807) is 0 Å². The molecule has 0 unspecified atom stereocenters. The van der Waals surface area contributed by atoms with Gasteiger partial charge in [0.25, 0.3) is 0 Å². The highest BCUT2D eigenvalue weighted by atomic mass is 35.5. The van der Waals surface area contributed by atoms with Gasteiger partial charge in [-0.2, -0.15) is 0 Å². The molecule has 0 aliphatic carbocycles. The molecule has 0 fully saturated rings. The number of amides is 2. The Morgan fingerprint density at radius 1 is 1.10 bits per heavy atom. The van der Waals surface area contributed by atoms with Crippen LogP contribution in [-0.4, -0.2) is 23.9 Å². The first-order valence-corrected chi connectivity index (χ1v) is 8.79. The van der Waals surface area contributed by atoms with Gasteiger partial charge in [-0.1, -0.05) is 17.7 Å². The number of halogens is 4. The van der Waals surface area contributed by atoms with E-state index in [2.05, 4.69) is 5.32 Å². The maximum atomic E-state index is 13.5. The number of anilines is 1. The Bertz CT molecular complexity index is 1040. The zero-order valence-electron chi connectivity index (χ0n) is 15.6. The van der Waals surface area contributed by atoms with E-state index < -0.39 is 35.1 Å². The molecule has 0 aliphatic heterocycles. The molecule has 0 saturated heterocycles. The Kier molecular flexibility index (Phi) is 7.48. The van der Waals surface area contributed by atoms with E-state index in [9.17, 15) is 22.8 Å². The van der Waals surface area contributed by atoms with E-state index >= 15 is 0 Å². The van der Waals surface area contributed by atoms with Crippen LogP contribution in [0.2, 0.25) is 5.02 Å². The van der Waals surface area contributed by atoms with Crippen molar-refractivity contribution in [2.24, 2.45) is 0 Å². The molecule has 0 bridgehead atoms. The van der Waals surface area contributed by atoms with Gasteiger partial charge in [-0.3, -0.25) is 19.9 Å². The Morgan fingerprint density at radius 3 is 2.27 bits per heavy atom. The van der Waals surface area contributed by atoms with Crippen LogP contribution >= 0.6 is 11.6 Å². The number of nitrogens with zero attached hydrogens (tertiary/aromatic N) is 1. The minimum atomic E-state index is -0.940. The zero-order chi connectivity index (χ0) is 22.4. The largest absolute Gasteiger partial charge is 0.324 e. The van der Waals surface area contributed by atoms with Gasteiger partial charge in [0.2, 0.25) is 11.8 Å². The van der Waals surface area contributed by atoms with E-state index in [1.807, 2.05) is 0 Å². The summed E-state index contributed by atoms with van der Waals surface area (Å²) in [6, 6.07) is 5.88. The van der Waals surface area contributed by atoms with Crippen LogP contribution in [0.4, 0.5) is 18.9 Å². The molecule has 0 atom stereocenters. The van der Waals surface area contributed by atoms with Crippen LogP contribution in [0.25, 0.3) is 0 Å². The van der Waals surface area contributed by atoms with Crippen LogP contribution in [0.5, 0.6) is 0 Å². The highest BCUT2D eigenvalue weighted by Gasteiger charge is 2.18. The summed E-state index contributed by atoms with van der Waals surface area (Å²) >= 11 is 5.88. The average molecular weight is 437 g/mol. The van der Waals surface area contributed by atoms with Gasteiger partial charge in [0.15, 0.2) is 0 Å². The molecule has 2 amide bonds. The number of carbonyl (C=O) groups is 2. The third-order valence-corrected chi connectivity index (χ3v) is 4.11. The van der Waals surface area contributed by atoms with Crippen molar-refractivity contribution in [2.75, 3.05) is 4.90 Å². The lowest BCUT2D eigenvalue weighted by Gasteiger charge is -2.20. The van der Waals surface area contributed by atoms with Crippen LogP contribution in [0.15, 0.2) is 48.2 Å². The van der Waals surface area contributed by atoms with Crippen LogP contribution in [0.1, 0.15) is 12.5 Å². The highest BCUT2D eigenvalue weighted by Crippen LogP contribution is 2.20. The first-order valence-electron chi connectivity index (χ1n) is 8.42. The summed E-state index contributed by atoms with van der Waals surface area (Å²) in [5.74, 6) is -4.30. The predicted molar refractivity (Wildman–Crippen MR) is 107 cm³/mol. The van der Waals surface area contributed by atoms with Crippen LogP contribution < -0.4 is 10.2 Å². The maximum Gasteiger partial charge on any atom is 0.229 e. The monoisotopic (exact) mass is 436 g/mol. The maximum absolute atomic E-state index is 13.5. The van der Waals surface area contributed by atoms with Crippen molar-refractivity contribution >= 4 is 41.2 Å². The highest BCUT2D eigenvalue weighted by molar-refractivity contribution is 6.31. The van der Waals surface area contributed by atoms with Gasteiger partial charge in [0.1, 0.15) is 23.3 Å². The smallest absolute Gasteiger partial charge is 0.229 e. The van der Waals surface area contributed by atoms with Gasteiger partial charge < -0.3 is 10.7 Å². The number of rotatable bonds is 6. The molecule has 156 valence electrons. The number of carbonyl (C=O) groups excluding carboxylic acids is 2. The van der Waals surface area contributed by atoms with Gasteiger partial charge in [-0.15, -0.1) is 0 Å². The Labute approximate surface area is 175 Å². The minimum Gasteiger partial charge on any atom is -0.324 e. The summed E-state index contributed by atoms with van der Waals surface area (Å²) in [5.41, 5.74) is -0.0445. The fourth-order valence-corrected chi connectivity index (χ4v) is 2.76. The van der Waals surface area contributed by atoms with Crippen LogP contribution in [-0.2, 0) is 16.0 Å². The number of allylic oxidation sites excluding steroid dienone is 1. The zero-order valence-corrected chi connectivity index (χ0v) is 16.4. The van der Waals surface area contributed by atoms with E-state index in [1.165, 1.54) is 6.07 Å². The molecule has 0 heterocycles. The normalized spacial score (nSPS) is 11.0. The molecule has 0 aliphatic rings. The molecule has 2 aromatic rings. The minimum absolute atomic E-state index is 0.0501. The van der Waals surface area contributed by atoms with Crippen molar-refractivity contribution in [3.63, 3.8) is 0 Å². The van der Waals surface area contributed by atoms with Crippen LogP contribution in [0, 0.1) is 28.3 Å². The standard InChI is InChI=1S/C20H16ClF3N4O2/c1-11(29)28(17-6-14(23)5-15(24)7-17)19(26)9-16(10-25)27-20(30)4-12-2-3-13(22)8-18(12)21/h2-3,5-10,25-26H,4H2,1H3,(H,27,30)/b16-9+,25-10?,26-19?. The first kappa shape index (κ1) is 22.8. The predicted octanol–water partition coefficient (Wildman–Crippen LogP) is 3.98. The van der Waals surface area contributed by atoms with Crippen molar-refractivity contribution in [2.45, 2.75) is 13.3 Å². The number of hydrogen-bond donors (Lipinski definition) is 3.